The van der Waals surface area contributed by atoms with Crippen LogP contribution in [0.5, 0.6) is 0 Å². The van der Waals surface area contributed by atoms with E-state index < -0.39 is 7.52 Å². The highest BCUT2D eigenvalue weighted by Crippen LogP contribution is 2.53. The summed E-state index contributed by atoms with van der Waals surface area (Å²) in [6.45, 7) is 14.4. The van der Waals surface area contributed by atoms with Gasteiger partial charge in [-0.3, -0.25) is 4.57 Å². The fourth-order valence-corrected chi connectivity index (χ4v) is 3.54. The molecule has 0 spiro atoms. The average Bonchev–Trinajstić information content (AvgIpc) is 2.23. The zero-order valence-electron chi connectivity index (χ0n) is 12.7. The second-order valence-corrected chi connectivity index (χ2v) is 7.96. The fourth-order valence-electron chi connectivity index (χ4n) is 1.44. The third kappa shape index (κ3) is 4.72. The fraction of sp³-hybridized carbons (Fsp3) is 0.923. The Morgan fingerprint density at radius 3 is 2.11 bits per heavy atom. The maximum Gasteiger partial charge on any atom is 0.371 e. The van der Waals surface area contributed by atoms with Crippen molar-refractivity contribution in [3.05, 3.63) is 0 Å². The minimum Gasteiger partial charge on any atom is -0.303 e. The molecule has 0 radical (unpaired) electrons. The van der Waals surface area contributed by atoms with Gasteiger partial charge in [0.05, 0.1) is 6.10 Å². The Balaban J connectivity index is 5.12. The van der Waals surface area contributed by atoms with E-state index in [9.17, 15) is 9.83 Å². The molecular weight excluding hydrogens is 247 g/mol. The SMILES string of the molecule is CCCN(C(C)C)P(=O)(C#N)OC(C)C(C)(C)C. The maximum absolute atomic E-state index is 12.7. The number of nitriles is 1. The highest BCUT2D eigenvalue weighted by atomic mass is 31.2. The van der Waals surface area contributed by atoms with Gasteiger partial charge in [-0.15, -0.1) is 0 Å². The number of nitrogens with zero attached hydrogens (tertiary/aromatic N) is 2. The summed E-state index contributed by atoms with van der Waals surface area (Å²) in [5, 5.41) is 9.27. The third-order valence-corrected chi connectivity index (χ3v) is 5.23. The van der Waals surface area contributed by atoms with Crippen molar-refractivity contribution in [2.24, 2.45) is 5.41 Å². The lowest BCUT2D eigenvalue weighted by atomic mass is 9.91. The topological polar surface area (TPSA) is 53.3 Å². The van der Waals surface area contributed by atoms with Gasteiger partial charge in [-0.2, -0.15) is 5.26 Å². The molecule has 5 heteroatoms. The van der Waals surface area contributed by atoms with Gasteiger partial charge in [0.15, 0.2) is 5.81 Å². The van der Waals surface area contributed by atoms with Crippen LogP contribution in [0.2, 0.25) is 0 Å². The Morgan fingerprint density at radius 1 is 1.33 bits per heavy atom. The van der Waals surface area contributed by atoms with Crippen molar-refractivity contribution < 1.29 is 9.09 Å². The van der Waals surface area contributed by atoms with E-state index in [-0.39, 0.29) is 17.6 Å². The molecule has 0 saturated carbocycles. The first kappa shape index (κ1) is 17.6. The molecule has 0 N–H and O–H groups in total. The molecule has 0 amide bonds. The summed E-state index contributed by atoms with van der Waals surface area (Å²) >= 11 is 0. The van der Waals surface area contributed by atoms with Crippen LogP contribution in [-0.4, -0.2) is 23.4 Å². The lowest BCUT2D eigenvalue weighted by Crippen LogP contribution is -2.33. The first-order chi connectivity index (χ1) is 8.08. The molecule has 0 aliphatic carbocycles. The predicted molar refractivity (Wildman–Crippen MR) is 75.4 cm³/mol. The minimum absolute atomic E-state index is 0.0302. The minimum atomic E-state index is -3.40. The van der Waals surface area contributed by atoms with E-state index in [1.54, 1.807) is 4.67 Å². The van der Waals surface area contributed by atoms with Crippen LogP contribution in [-0.2, 0) is 9.09 Å². The van der Waals surface area contributed by atoms with Crippen LogP contribution < -0.4 is 0 Å². The van der Waals surface area contributed by atoms with Crippen molar-refractivity contribution in [1.29, 1.82) is 5.26 Å². The van der Waals surface area contributed by atoms with Crippen LogP contribution in [0, 0.1) is 16.5 Å². The normalized spacial score (nSPS) is 17.6. The van der Waals surface area contributed by atoms with Crippen molar-refractivity contribution in [2.75, 3.05) is 6.54 Å². The van der Waals surface area contributed by atoms with Crippen LogP contribution >= 0.6 is 7.52 Å². The molecule has 2 atom stereocenters. The molecule has 0 aromatic heterocycles. The molecule has 2 unspecified atom stereocenters. The maximum atomic E-state index is 12.7. The van der Waals surface area contributed by atoms with E-state index in [0.717, 1.165) is 6.42 Å². The molecule has 18 heavy (non-hydrogen) atoms. The van der Waals surface area contributed by atoms with Crippen LogP contribution in [0.15, 0.2) is 0 Å². The second-order valence-electron chi connectivity index (χ2n) is 5.99. The van der Waals surface area contributed by atoms with Gasteiger partial charge in [0.25, 0.3) is 0 Å². The monoisotopic (exact) mass is 274 g/mol. The number of hydrogen-bond donors (Lipinski definition) is 0. The van der Waals surface area contributed by atoms with Gasteiger partial charge in [0.2, 0.25) is 0 Å². The highest BCUT2D eigenvalue weighted by Gasteiger charge is 2.37. The molecular formula is C13H27N2O2P. The van der Waals surface area contributed by atoms with Gasteiger partial charge >= 0.3 is 7.52 Å². The predicted octanol–water partition coefficient (Wildman–Crippen LogP) is 4.23. The Labute approximate surface area is 112 Å². The van der Waals surface area contributed by atoms with Gasteiger partial charge in [-0.05, 0) is 32.6 Å². The summed E-state index contributed by atoms with van der Waals surface area (Å²) in [5.41, 5.74) is -0.138. The standard InChI is InChI=1S/C13H27N2O2P/c1-8-9-15(11(2)3)18(16,10-14)17-12(4)13(5,6)7/h11-12H,8-9H2,1-7H3. The summed E-state index contributed by atoms with van der Waals surface area (Å²) in [6, 6.07) is 0.0302. The van der Waals surface area contributed by atoms with Crippen molar-refractivity contribution in [2.45, 2.75) is 67.0 Å². The molecule has 0 saturated heterocycles. The molecule has 106 valence electrons. The molecule has 0 aliphatic rings. The summed E-state index contributed by atoms with van der Waals surface area (Å²) in [7, 11) is -3.40. The van der Waals surface area contributed by atoms with E-state index >= 15 is 0 Å². The van der Waals surface area contributed by atoms with E-state index in [2.05, 4.69) is 0 Å². The summed E-state index contributed by atoms with van der Waals surface area (Å²) in [5.74, 6) is 1.91. The van der Waals surface area contributed by atoms with Crippen LogP contribution in [0.25, 0.3) is 0 Å². The van der Waals surface area contributed by atoms with Crippen molar-refractivity contribution in [3.8, 4) is 5.81 Å². The highest BCUT2D eigenvalue weighted by molar-refractivity contribution is 7.61. The summed E-state index contributed by atoms with van der Waals surface area (Å²) < 4.78 is 20.1. The molecule has 0 fully saturated rings. The smallest absolute Gasteiger partial charge is 0.303 e. The largest absolute Gasteiger partial charge is 0.371 e. The number of rotatable bonds is 6. The second kappa shape index (κ2) is 6.70. The zero-order valence-corrected chi connectivity index (χ0v) is 13.6. The first-order valence-electron chi connectivity index (χ1n) is 6.55. The van der Waals surface area contributed by atoms with Gasteiger partial charge in [0.1, 0.15) is 0 Å². The molecule has 0 aromatic carbocycles. The molecule has 0 bridgehead atoms. The Kier molecular flexibility index (Phi) is 6.57. The lowest BCUT2D eigenvalue weighted by molar-refractivity contribution is 0.0934. The van der Waals surface area contributed by atoms with E-state index in [4.69, 9.17) is 4.52 Å². The van der Waals surface area contributed by atoms with E-state index in [1.165, 1.54) is 0 Å². The van der Waals surface area contributed by atoms with Gasteiger partial charge < -0.3 is 4.52 Å². The zero-order chi connectivity index (χ0) is 14.6. The molecule has 0 aromatic rings. The Morgan fingerprint density at radius 2 is 1.83 bits per heavy atom. The molecule has 0 aliphatic heterocycles. The quantitative estimate of drug-likeness (QED) is 0.680. The lowest BCUT2D eigenvalue weighted by Gasteiger charge is -2.35. The molecule has 4 nitrogen and oxygen atoms in total. The van der Waals surface area contributed by atoms with Crippen LogP contribution in [0.1, 0.15) is 54.9 Å². The van der Waals surface area contributed by atoms with Crippen LogP contribution in [0.3, 0.4) is 0 Å². The Bertz CT molecular complexity index is 342. The summed E-state index contributed by atoms with van der Waals surface area (Å²) in [4.78, 5) is 0. The van der Waals surface area contributed by atoms with E-state index in [0.29, 0.717) is 6.54 Å². The van der Waals surface area contributed by atoms with Gasteiger partial charge in [-0.25, -0.2) is 4.67 Å². The molecule has 0 rings (SSSR count). The third-order valence-electron chi connectivity index (χ3n) is 3.03. The van der Waals surface area contributed by atoms with Crippen molar-refractivity contribution in [3.63, 3.8) is 0 Å². The molecule has 0 heterocycles. The van der Waals surface area contributed by atoms with Crippen molar-refractivity contribution in [1.82, 2.24) is 4.67 Å². The summed E-state index contributed by atoms with van der Waals surface area (Å²) in [6.07, 6.45) is 0.609. The van der Waals surface area contributed by atoms with Crippen molar-refractivity contribution >= 4 is 7.52 Å². The average molecular weight is 274 g/mol. The first-order valence-corrected chi connectivity index (χ1v) is 8.13. The van der Waals surface area contributed by atoms with Gasteiger partial charge in [0, 0.05) is 12.6 Å². The Hall–Kier alpha value is -0.360. The number of hydrogen-bond acceptors (Lipinski definition) is 3. The van der Waals surface area contributed by atoms with Crippen LogP contribution in [0.4, 0.5) is 0 Å². The van der Waals surface area contributed by atoms with E-state index in [1.807, 2.05) is 54.3 Å². The van der Waals surface area contributed by atoms with Gasteiger partial charge in [-0.1, -0.05) is 27.7 Å².